The van der Waals surface area contributed by atoms with Gasteiger partial charge in [-0.3, -0.25) is 0 Å². The minimum Gasteiger partial charge on any atom is -0.480 e. The number of carbonyl (C=O) groups is 2. The van der Waals surface area contributed by atoms with E-state index >= 15 is 0 Å². The summed E-state index contributed by atoms with van der Waals surface area (Å²) in [6, 6.07) is -0.411. The zero-order valence-electron chi connectivity index (χ0n) is 12.1. The normalized spacial score (nSPS) is 17.2. The number of aliphatic carboxylic acids is 1. The molecule has 0 atom stereocenters. The Bertz CT molecular complexity index is 509. The third kappa shape index (κ3) is 4.17. The molecule has 0 unspecified atom stereocenters. The van der Waals surface area contributed by atoms with E-state index in [4.69, 9.17) is 0 Å². The van der Waals surface area contributed by atoms with E-state index in [0.717, 1.165) is 30.0 Å². The summed E-state index contributed by atoms with van der Waals surface area (Å²) in [6.07, 6.45) is 4.36. The maximum atomic E-state index is 11.9. The Balaban J connectivity index is 1.81. The second-order valence-electron chi connectivity index (χ2n) is 5.44. The lowest BCUT2D eigenvalue weighted by Gasteiger charge is -2.33. The number of carboxylic acids is 1. The van der Waals surface area contributed by atoms with Crippen LogP contribution in [0.1, 0.15) is 42.8 Å². The highest BCUT2D eigenvalue weighted by molar-refractivity contribution is 7.09. The molecule has 1 aromatic heterocycles. The monoisotopic (exact) mass is 311 g/mol. The van der Waals surface area contributed by atoms with Crippen molar-refractivity contribution in [3.8, 4) is 0 Å². The van der Waals surface area contributed by atoms with Gasteiger partial charge in [-0.05, 0) is 19.8 Å². The number of aromatic nitrogens is 1. The second kappa shape index (κ2) is 6.89. The number of hydrogen-bond donors (Lipinski definition) is 3. The highest BCUT2D eigenvalue weighted by atomic mass is 32.1. The maximum absolute atomic E-state index is 11.9. The summed E-state index contributed by atoms with van der Waals surface area (Å²) in [7, 11) is 0. The van der Waals surface area contributed by atoms with Gasteiger partial charge in [0.25, 0.3) is 0 Å². The first-order chi connectivity index (χ1) is 10.0. The van der Waals surface area contributed by atoms with Crippen LogP contribution in [0.15, 0.2) is 5.38 Å². The molecule has 0 aromatic carbocycles. The molecule has 116 valence electrons. The predicted octanol–water partition coefficient (Wildman–Crippen LogP) is 2.08. The standard InChI is InChI=1S/C14H21N3O3S/c1-10-16-11(9-21-10)5-8-15-13(20)17-14(12(18)19)6-3-2-4-7-14/h9H,2-8H2,1H3,(H,18,19)(H2,15,17,20). The summed E-state index contributed by atoms with van der Waals surface area (Å²) >= 11 is 1.58. The van der Waals surface area contributed by atoms with Gasteiger partial charge in [0.1, 0.15) is 5.54 Å². The van der Waals surface area contributed by atoms with Crippen molar-refractivity contribution in [3.63, 3.8) is 0 Å². The molecule has 2 rings (SSSR count). The molecule has 7 heteroatoms. The Morgan fingerprint density at radius 1 is 1.38 bits per heavy atom. The van der Waals surface area contributed by atoms with Crippen molar-refractivity contribution >= 4 is 23.3 Å². The van der Waals surface area contributed by atoms with Crippen molar-refractivity contribution in [2.45, 2.75) is 51.0 Å². The van der Waals surface area contributed by atoms with Crippen LogP contribution < -0.4 is 10.6 Å². The Morgan fingerprint density at radius 3 is 2.67 bits per heavy atom. The van der Waals surface area contributed by atoms with Crippen molar-refractivity contribution in [3.05, 3.63) is 16.1 Å². The lowest BCUT2D eigenvalue weighted by molar-refractivity contribution is -0.145. The Morgan fingerprint density at radius 2 is 2.10 bits per heavy atom. The smallest absolute Gasteiger partial charge is 0.329 e. The van der Waals surface area contributed by atoms with Gasteiger partial charge in [-0.1, -0.05) is 19.3 Å². The van der Waals surface area contributed by atoms with E-state index in [1.165, 1.54) is 0 Å². The van der Waals surface area contributed by atoms with Gasteiger partial charge in [0.2, 0.25) is 0 Å². The lowest BCUT2D eigenvalue weighted by atomic mass is 9.82. The molecule has 1 heterocycles. The fourth-order valence-corrected chi connectivity index (χ4v) is 3.28. The number of carbonyl (C=O) groups excluding carboxylic acids is 1. The lowest BCUT2D eigenvalue weighted by Crippen LogP contribution is -2.58. The highest BCUT2D eigenvalue weighted by Crippen LogP contribution is 2.28. The van der Waals surface area contributed by atoms with E-state index in [1.54, 1.807) is 11.3 Å². The number of hydrogen-bond acceptors (Lipinski definition) is 4. The van der Waals surface area contributed by atoms with Crippen LogP contribution in [0.5, 0.6) is 0 Å². The summed E-state index contributed by atoms with van der Waals surface area (Å²) in [5.41, 5.74) is -0.150. The number of aryl methyl sites for hydroxylation is 1. The number of amides is 2. The largest absolute Gasteiger partial charge is 0.480 e. The maximum Gasteiger partial charge on any atom is 0.329 e. The first-order valence-electron chi connectivity index (χ1n) is 7.22. The van der Waals surface area contributed by atoms with E-state index in [1.807, 2.05) is 12.3 Å². The van der Waals surface area contributed by atoms with Crippen LogP contribution >= 0.6 is 11.3 Å². The van der Waals surface area contributed by atoms with Crippen molar-refractivity contribution in [2.24, 2.45) is 0 Å². The Hall–Kier alpha value is -1.63. The molecule has 0 bridgehead atoms. The summed E-state index contributed by atoms with van der Waals surface area (Å²) in [5, 5.41) is 17.7. The molecule has 0 saturated heterocycles. The van der Waals surface area contributed by atoms with Gasteiger partial charge in [-0.2, -0.15) is 0 Å². The number of carboxylic acid groups (broad SMARTS) is 1. The first kappa shape index (κ1) is 15.8. The molecule has 1 aliphatic carbocycles. The average molecular weight is 311 g/mol. The zero-order valence-corrected chi connectivity index (χ0v) is 13.0. The van der Waals surface area contributed by atoms with Gasteiger partial charge >= 0.3 is 12.0 Å². The van der Waals surface area contributed by atoms with Crippen LogP contribution in [0, 0.1) is 6.92 Å². The van der Waals surface area contributed by atoms with Crippen LogP contribution in [0.2, 0.25) is 0 Å². The van der Waals surface area contributed by atoms with E-state index in [9.17, 15) is 14.7 Å². The highest BCUT2D eigenvalue weighted by Gasteiger charge is 2.40. The average Bonchev–Trinajstić information content (AvgIpc) is 2.85. The fourth-order valence-electron chi connectivity index (χ4n) is 2.64. The van der Waals surface area contributed by atoms with Crippen molar-refractivity contribution in [1.82, 2.24) is 15.6 Å². The summed E-state index contributed by atoms with van der Waals surface area (Å²) in [6.45, 7) is 2.39. The molecule has 21 heavy (non-hydrogen) atoms. The molecule has 0 radical (unpaired) electrons. The summed E-state index contributed by atoms with van der Waals surface area (Å²) in [4.78, 5) is 27.7. The Kier molecular flexibility index (Phi) is 5.17. The molecule has 1 saturated carbocycles. The third-order valence-corrected chi connectivity index (χ3v) is 4.62. The van der Waals surface area contributed by atoms with Gasteiger partial charge in [0.15, 0.2) is 0 Å². The van der Waals surface area contributed by atoms with Gasteiger partial charge in [0, 0.05) is 18.3 Å². The van der Waals surface area contributed by atoms with E-state index in [0.29, 0.717) is 25.8 Å². The van der Waals surface area contributed by atoms with Gasteiger partial charge in [0.05, 0.1) is 10.7 Å². The van der Waals surface area contributed by atoms with E-state index in [2.05, 4.69) is 15.6 Å². The Labute approximate surface area is 128 Å². The SMILES string of the molecule is Cc1nc(CCNC(=O)NC2(C(=O)O)CCCCC2)cs1. The fraction of sp³-hybridized carbons (Fsp3) is 0.643. The number of urea groups is 1. The molecule has 6 nitrogen and oxygen atoms in total. The summed E-state index contributed by atoms with van der Waals surface area (Å²) < 4.78 is 0. The number of rotatable bonds is 5. The van der Waals surface area contributed by atoms with Crippen molar-refractivity contribution in [2.75, 3.05) is 6.54 Å². The number of thiazole rings is 1. The van der Waals surface area contributed by atoms with Crippen LogP contribution in [-0.4, -0.2) is 34.2 Å². The van der Waals surface area contributed by atoms with Crippen molar-refractivity contribution in [1.29, 1.82) is 0 Å². The van der Waals surface area contributed by atoms with E-state index in [-0.39, 0.29) is 0 Å². The first-order valence-corrected chi connectivity index (χ1v) is 8.10. The topological polar surface area (TPSA) is 91.3 Å². The quantitative estimate of drug-likeness (QED) is 0.776. The number of nitrogens with zero attached hydrogens (tertiary/aromatic N) is 1. The predicted molar refractivity (Wildman–Crippen MR) is 80.5 cm³/mol. The van der Waals surface area contributed by atoms with Gasteiger partial charge in [-0.25, -0.2) is 14.6 Å². The molecule has 1 aliphatic rings. The molecule has 2 amide bonds. The molecule has 0 aliphatic heterocycles. The minimum absolute atomic E-state index is 0.411. The molecule has 1 fully saturated rings. The summed E-state index contributed by atoms with van der Waals surface area (Å²) in [5.74, 6) is -0.938. The van der Waals surface area contributed by atoms with Gasteiger partial charge < -0.3 is 15.7 Å². The molecular weight excluding hydrogens is 290 g/mol. The zero-order chi connectivity index (χ0) is 15.3. The molecule has 3 N–H and O–H groups in total. The van der Waals surface area contributed by atoms with Crippen LogP contribution in [0.4, 0.5) is 4.79 Å². The molecular formula is C14H21N3O3S. The van der Waals surface area contributed by atoms with Crippen LogP contribution in [0.25, 0.3) is 0 Å². The van der Waals surface area contributed by atoms with Crippen molar-refractivity contribution < 1.29 is 14.7 Å². The molecule has 0 spiro atoms. The third-order valence-electron chi connectivity index (χ3n) is 3.80. The minimum atomic E-state index is -1.10. The van der Waals surface area contributed by atoms with Crippen LogP contribution in [-0.2, 0) is 11.2 Å². The second-order valence-corrected chi connectivity index (χ2v) is 6.50. The van der Waals surface area contributed by atoms with E-state index < -0.39 is 17.5 Å². The van der Waals surface area contributed by atoms with Gasteiger partial charge in [-0.15, -0.1) is 11.3 Å². The number of nitrogens with one attached hydrogen (secondary N) is 2. The molecule has 1 aromatic rings. The van der Waals surface area contributed by atoms with Crippen LogP contribution in [0.3, 0.4) is 0 Å².